The van der Waals surface area contributed by atoms with E-state index >= 15 is 0 Å². The number of piperidine rings is 1. The van der Waals surface area contributed by atoms with Crippen molar-refractivity contribution in [2.45, 2.75) is 45.2 Å². The standard InChI is InChI=1S/C27H28BrN5O3/c1-16-24(25-23(28)20-6-2-3-7-21(20)33(25)14-17-8-9-17)30-22-13-18(10-12-32(16)22)26(34)31-11-4-5-19(15-31)29-27(35)36/h2-3,6-7,10,12-13,17,19,29H,4-5,8-9,11,14-15H2,1H3,(H,35,36). The van der Waals surface area contributed by atoms with E-state index in [0.717, 1.165) is 46.6 Å². The first-order valence-corrected chi connectivity index (χ1v) is 13.2. The van der Waals surface area contributed by atoms with Crippen molar-refractivity contribution in [1.29, 1.82) is 0 Å². The smallest absolute Gasteiger partial charge is 0.404 e. The lowest BCUT2D eigenvalue weighted by Gasteiger charge is -2.32. The Kier molecular flexibility index (Phi) is 5.75. The van der Waals surface area contributed by atoms with Crippen LogP contribution in [0, 0.1) is 12.8 Å². The van der Waals surface area contributed by atoms with Gasteiger partial charge >= 0.3 is 6.09 Å². The van der Waals surface area contributed by atoms with Crippen molar-refractivity contribution in [3.8, 4) is 11.4 Å². The van der Waals surface area contributed by atoms with E-state index in [9.17, 15) is 9.59 Å². The van der Waals surface area contributed by atoms with Crippen molar-refractivity contribution in [1.82, 2.24) is 24.2 Å². The highest BCUT2D eigenvalue weighted by molar-refractivity contribution is 9.10. The van der Waals surface area contributed by atoms with Crippen LogP contribution >= 0.6 is 15.9 Å². The molecule has 6 rings (SSSR count). The maximum absolute atomic E-state index is 13.3. The van der Waals surface area contributed by atoms with Gasteiger partial charge in [-0.3, -0.25) is 4.79 Å². The molecule has 1 aliphatic carbocycles. The van der Waals surface area contributed by atoms with Crippen LogP contribution < -0.4 is 5.32 Å². The third kappa shape index (κ3) is 4.05. The number of carboxylic acid groups (broad SMARTS) is 1. The Balaban J connectivity index is 1.37. The Labute approximate surface area is 217 Å². The second-order valence-electron chi connectivity index (χ2n) is 9.96. The number of fused-ring (bicyclic) bond motifs is 2. The normalized spacial score (nSPS) is 18.2. The molecule has 0 spiro atoms. The largest absolute Gasteiger partial charge is 0.465 e. The molecule has 36 heavy (non-hydrogen) atoms. The first kappa shape index (κ1) is 23.1. The van der Waals surface area contributed by atoms with Gasteiger partial charge in [0.1, 0.15) is 11.3 Å². The van der Waals surface area contributed by atoms with Crippen LogP contribution in [-0.4, -0.2) is 55.1 Å². The fourth-order valence-corrected chi connectivity index (χ4v) is 6.14. The van der Waals surface area contributed by atoms with E-state index in [1.165, 1.54) is 23.7 Å². The maximum Gasteiger partial charge on any atom is 0.404 e. The lowest BCUT2D eigenvalue weighted by molar-refractivity contribution is 0.0692. The number of benzene rings is 1. The van der Waals surface area contributed by atoms with Gasteiger partial charge in [-0.1, -0.05) is 18.2 Å². The van der Waals surface area contributed by atoms with Gasteiger partial charge in [-0.25, -0.2) is 9.78 Å². The van der Waals surface area contributed by atoms with Crippen molar-refractivity contribution in [2.24, 2.45) is 5.92 Å². The SMILES string of the molecule is Cc1c(-c2c(Br)c3ccccc3n2CC2CC2)nc2cc(C(=O)N3CCCC(NC(=O)O)C3)ccn12. The molecular formula is C27H28BrN5O3. The van der Waals surface area contributed by atoms with Gasteiger partial charge in [-0.2, -0.15) is 0 Å². The number of hydrogen-bond acceptors (Lipinski definition) is 3. The van der Waals surface area contributed by atoms with E-state index in [2.05, 4.69) is 57.0 Å². The summed E-state index contributed by atoms with van der Waals surface area (Å²) in [6, 6.07) is 11.9. The number of likely N-dealkylation sites (tertiary alicyclic amines) is 1. The molecule has 2 fully saturated rings. The number of halogens is 1. The minimum Gasteiger partial charge on any atom is -0.465 e. The van der Waals surface area contributed by atoms with Crippen LogP contribution in [0.1, 0.15) is 41.7 Å². The maximum atomic E-state index is 13.3. The fourth-order valence-electron chi connectivity index (χ4n) is 5.40. The van der Waals surface area contributed by atoms with Gasteiger partial charge in [0, 0.05) is 54.0 Å². The minimum atomic E-state index is -1.05. The molecule has 9 heteroatoms. The number of nitrogens with one attached hydrogen (secondary N) is 1. The average molecular weight is 550 g/mol. The first-order chi connectivity index (χ1) is 17.4. The number of imidazole rings is 1. The van der Waals surface area contributed by atoms with Crippen molar-refractivity contribution >= 4 is 44.5 Å². The Morgan fingerprint density at radius 3 is 2.78 bits per heavy atom. The molecule has 0 bridgehead atoms. The van der Waals surface area contributed by atoms with Crippen LogP contribution in [0.3, 0.4) is 0 Å². The van der Waals surface area contributed by atoms with Gasteiger partial charge < -0.3 is 24.3 Å². The summed E-state index contributed by atoms with van der Waals surface area (Å²) in [6.45, 7) is 4.03. The summed E-state index contributed by atoms with van der Waals surface area (Å²) in [7, 11) is 0. The fraction of sp³-hybridized carbons (Fsp3) is 0.370. The molecule has 2 aliphatic rings. The molecule has 0 radical (unpaired) electrons. The monoisotopic (exact) mass is 549 g/mol. The predicted octanol–water partition coefficient (Wildman–Crippen LogP) is 5.31. The average Bonchev–Trinajstić information content (AvgIpc) is 3.58. The summed E-state index contributed by atoms with van der Waals surface area (Å²) >= 11 is 3.87. The summed E-state index contributed by atoms with van der Waals surface area (Å²) in [5.41, 5.74) is 5.50. The number of aryl methyl sites for hydroxylation is 1. The number of pyridine rings is 1. The number of amides is 2. The lowest BCUT2D eigenvalue weighted by Crippen LogP contribution is -2.49. The van der Waals surface area contributed by atoms with Gasteiger partial charge in [0.25, 0.3) is 5.91 Å². The lowest BCUT2D eigenvalue weighted by atomic mass is 10.0. The first-order valence-electron chi connectivity index (χ1n) is 12.4. The number of carbonyl (C=O) groups excluding carboxylic acids is 1. The van der Waals surface area contributed by atoms with E-state index < -0.39 is 6.09 Å². The van der Waals surface area contributed by atoms with E-state index in [1.807, 2.05) is 22.7 Å². The van der Waals surface area contributed by atoms with Gasteiger partial charge in [0.05, 0.1) is 10.2 Å². The molecular weight excluding hydrogens is 522 g/mol. The summed E-state index contributed by atoms with van der Waals surface area (Å²) in [6.07, 6.45) is 4.89. The van der Waals surface area contributed by atoms with Crippen LogP contribution in [0.15, 0.2) is 47.1 Å². The second-order valence-corrected chi connectivity index (χ2v) is 10.8. The van der Waals surface area contributed by atoms with Crippen LogP contribution in [0.5, 0.6) is 0 Å². The number of rotatable bonds is 5. The molecule has 1 aliphatic heterocycles. The van der Waals surface area contributed by atoms with Gasteiger partial charge in [-0.15, -0.1) is 0 Å². The molecule has 186 valence electrons. The van der Waals surface area contributed by atoms with Crippen LogP contribution in [0.25, 0.3) is 27.9 Å². The summed E-state index contributed by atoms with van der Waals surface area (Å²) in [5.74, 6) is 0.609. The molecule has 1 unspecified atom stereocenters. The zero-order valence-corrected chi connectivity index (χ0v) is 21.7. The second kappa shape index (κ2) is 8.96. The number of carbonyl (C=O) groups is 2. The quantitative estimate of drug-likeness (QED) is 0.353. The van der Waals surface area contributed by atoms with Crippen molar-refractivity contribution < 1.29 is 14.7 Å². The highest BCUT2D eigenvalue weighted by Crippen LogP contribution is 2.42. The number of nitrogens with zero attached hydrogens (tertiary/aromatic N) is 4. The molecule has 4 heterocycles. The molecule has 4 aromatic rings. The highest BCUT2D eigenvalue weighted by atomic mass is 79.9. The molecule has 8 nitrogen and oxygen atoms in total. The molecule has 1 atom stereocenters. The van der Waals surface area contributed by atoms with Gasteiger partial charge in [-0.05, 0) is 72.7 Å². The van der Waals surface area contributed by atoms with Crippen LogP contribution in [0.4, 0.5) is 4.79 Å². The molecule has 2 amide bonds. The number of hydrogen-bond donors (Lipinski definition) is 2. The summed E-state index contributed by atoms with van der Waals surface area (Å²) in [5, 5.41) is 12.7. The van der Waals surface area contributed by atoms with E-state index in [1.54, 1.807) is 4.90 Å². The Morgan fingerprint density at radius 2 is 2.00 bits per heavy atom. The van der Waals surface area contributed by atoms with E-state index in [-0.39, 0.29) is 11.9 Å². The van der Waals surface area contributed by atoms with E-state index in [0.29, 0.717) is 24.6 Å². The number of aromatic nitrogens is 3. The molecule has 1 aromatic carbocycles. The third-order valence-corrected chi connectivity index (χ3v) is 8.22. The Morgan fingerprint density at radius 1 is 1.19 bits per heavy atom. The van der Waals surface area contributed by atoms with Crippen LogP contribution in [0.2, 0.25) is 0 Å². The highest BCUT2D eigenvalue weighted by Gasteiger charge is 2.29. The molecule has 3 aromatic heterocycles. The van der Waals surface area contributed by atoms with Gasteiger partial charge in [0.2, 0.25) is 0 Å². The number of para-hydroxylation sites is 1. The molecule has 2 N–H and O–H groups in total. The zero-order valence-electron chi connectivity index (χ0n) is 20.1. The zero-order chi connectivity index (χ0) is 25.0. The van der Waals surface area contributed by atoms with Gasteiger partial charge in [0.15, 0.2) is 0 Å². The van der Waals surface area contributed by atoms with Crippen molar-refractivity contribution in [2.75, 3.05) is 13.1 Å². The predicted molar refractivity (Wildman–Crippen MR) is 141 cm³/mol. The summed E-state index contributed by atoms with van der Waals surface area (Å²) in [4.78, 5) is 31.1. The van der Waals surface area contributed by atoms with E-state index in [4.69, 9.17) is 10.1 Å². The van der Waals surface area contributed by atoms with Crippen molar-refractivity contribution in [3.05, 3.63) is 58.3 Å². The molecule has 1 saturated heterocycles. The summed E-state index contributed by atoms with van der Waals surface area (Å²) < 4.78 is 5.47. The molecule has 1 saturated carbocycles. The Hall–Kier alpha value is -3.33. The Bertz CT molecular complexity index is 1500. The van der Waals surface area contributed by atoms with Crippen molar-refractivity contribution in [3.63, 3.8) is 0 Å². The third-order valence-electron chi connectivity index (χ3n) is 7.42. The minimum absolute atomic E-state index is 0.0966. The van der Waals surface area contributed by atoms with Crippen LogP contribution in [-0.2, 0) is 6.54 Å². The topological polar surface area (TPSA) is 91.9 Å².